The Balaban J connectivity index is 1.81. The highest BCUT2D eigenvalue weighted by atomic mass is 35.5. The van der Waals surface area contributed by atoms with Crippen molar-refractivity contribution in [3.63, 3.8) is 0 Å². The second-order valence-corrected chi connectivity index (χ2v) is 7.47. The van der Waals surface area contributed by atoms with Crippen LogP contribution in [0.4, 0.5) is 0 Å². The molecule has 128 valence electrons. The van der Waals surface area contributed by atoms with Crippen LogP contribution in [0.15, 0.2) is 42.5 Å². The Morgan fingerprint density at radius 2 is 1.96 bits per heavy atom. The fourth-order valence-corrected chi connectivity index (χ4v) is 4.08. The van der Waals surface area contributed by atoms with Gasteiger partial charge in [-0.1, -0.05) is 60.5 Å². The van der Waals surface area contributed by atoms with E-state index in [4.69, 9.17) is 33.7 Å². The molecule has 2 N–H and O–H groups in total. The van der Waals surface area contributed by atoms with E-state index in [0.717, 1.165) is 30.6 Å². The Morgan fingerprint density at radius 3 is 2.67 bits per heavy atom. The number of hydrogen-bond donors (Lipinski definition) is 1. The van der Waals surface area contributed by atoms with Crippen molar-refractivity contribution in [2.45, 2.75) is 38.2 Å². The standard InChI is InChI=1S/C20H23Cl2NO/c1-13(7-8-14-5-3-2-4-6-14)17-11-16(12-23)24-20-18(17)9-15(21)10-19(20)22/h2-6,9-10,13,16-17H,7-8,11-12,23H2,1H3. The van der Waals surface area contributed by atoms with Crippen molar-refractivity contribution in [1.82, 2.24) is 0 Å². The van der Waals surface area contributed by atoms with Gasteiger partial charge in [-0.2, -0.15) is 0 Å². The van der Waals surface area contributed by atoms with Crippen LogP contribution in [0.2, 0.25) is 10.0 Å². The molecule has 3 atom stereocenters. The second-order valence-electron chi connectivity index (χ2n) is 6.63. The lowest BCUT2D eigenvalue weighted by atomic mass is 9.78. The molecular weight excluding hydrogens is 341 g/mol. The summed E-state index contributed by atoms with van der Waals surface area (Å²) in [6.07, 6.45) is 3.10. The topological polar surface area (TPSA) is 35.2 Å². The van der Waals surface area contributed by atoms with Gasteiger partial charge >= 0.3 is 0 Å². The summed E-state index contributed by atoms with van der Waals surface area (Å²) in [5.74, 6) is 1.62. The van der Waals surface area contributed by atoms with Gasteiger partial charge in [0.05, 0.1) is 5.02 Å². The van der Waals surface area contributed by atoms with E-state index in [2.05, 4.69) is 37.3 Å². The zero-order valence-corrected chi connectivity index (χ0v) is 15.4. The first kappa shape index (κ1) is 17.6. The summed E-state index contributed by atoms with van der Waals surface area (Å²) >= 11 is 12.6. The second kappa shape index (κ2) is 7.77. The molecule has 1 aliphatic heterocycles. The smallest absolute Gasteiger partial charge is 0.141 e. The number of ether oxygens (including phenoxy) is 1. The van der Waals surface area contributed by atoms with Gasteiger partial charge in [-0.3, -0.25) is 0 Å². The van der Waals surface area contributed by atoms with Gasteiger partial charge < -0.3 is 10.5 Å². The van der Waals surface area contributed by atoms with Crippen molar-refractivity contribution in [2.75, 3.05) is 6.54 Å². The fourth-order valence-electron chi connectivity index (χ4n) is 3.53. The minimum Gasteiger partial charge on any atom is -0.487 e. The average molecular weight is 364 g/mol. The van der Waals surface area contributed by atoms with E-state index in [-0.39, 0.29) is 6.10 Å². The van der Waals surface area contributed by atoms with Gasteiger partial charge in [-0.25, -0.2) is 0 Å². The van der Waals surface area contributed by atoms with E-state index >= 15 is 0 Å². The van der Waals surface area contributed by atoms with Crippen LogP contribution >= 0.6 is 23.2 Å². The molecule has 3 rings (SSSR count). The van der Waals surface area contributed by atoms with E-state index in [0.29, 0.717) is 28.4 Å². The Hall–Kier alpha value is -1.22. The Kier molecular flexibility index (Phi) is 5.70. The predicted octanol–water partition coefficient (Wildman–Crippen LogP) is 5.46. The predicted molar refractivity (Wildman–Crippen MR) is 101 cm³/mol. The van der Waals surface area contributed by atoms with Crippen molar-refractivity contribution in [2.24, 2.45) is 11.7 Å². The highest BCUT2D eigenvalue weighted by molar-refractivity contribution is 6.35. The summed E-state index contributed by atoms with van der Waals surface area (Å²) in [4.78, 5) is 0. The zero-order valence-electron chi connectivity index (χ0n) is 13.8. The number of hydrogen-bond acceptors (Lipinski definition) is 2. The summed E-state index contributed by atoms with van der Waals surface area (Å²) in [7, 11) is 0. The van der Waals surface area contributed by atoms with Crippen molar-refractivity contribution in [1.29, 1.82) is 0 Å². The molecule has 2 nitrogen and oxygen atoms in total. The summed E-state index contributed by atoms with van der Waals surface area (Å²) in [5, 5.41) is 1.24. The SMILES string of the molecule is CC(CCc1ccccc1)C1CC(CN)Oc2c(Cl)cc(Cl)cc21. The summed E-state index contributed by atoms with van der Waals surface area (Å²) in [6.45, 7) is 2.80. The molecule has 0 saturated heterocycles. The molecule has 3 unspecified atom stereocenters. The van der Waals surface area contributed by atoms with Crippen LogP contribution in [-0.4, -0.2) is 12.6 Å². The first-order valence-corrected chi connectivity index (χ1v) is 9.23. The highest BCUT2D eigenvalue weighted by Crippen LogP contribution is 2.46. The zero-order chi connectivity index (χ0) is 17.1. The van der Waals surface area contributed by atoms with Crippen molar-refractivity contribution in [3.05, 3.63) is 63.6 Å². The lowest BCUT2D eigenvalue weighted by Gasteiger charge is -2.35. The molecule has 0 saturated carbocycles. The van der Waals surface area contributed by atoms with Gasteiger partial charge in [0.2, 0.25) is 0 Å². The van der Waals surface area contributed by atoms with Gasteiger partial charge in [0.1, 0.15) is 11.9 Å². The molecule has 4 heteroatoms. The number of nitrogens with two attached hydrogens (primary N) is 1. The van der Waals surface area contributed by atoms with Crippen molar-refractivity contribution < 1.29 is 4.74 Å². The van der Waals surface area contributed by atoms with Gasteiger partial charge in [0.25, 0.3) is 0 Å². The van der Waals surface area contributed by atoms with Gasteiger partial charge in [-0.15, -0.1) is 0 Å². The molecule has 0 amide bonds. The van der Waals surface area contributed by atoms with Crippen LogP contribution in [0.5, 0.6) is 5.75 Å². The van der Waals surface area contributed by atoms with Crippen LogP contribution in [-0.2, 0) is 6.42 Å². The monoisotopic (exact) mass is 363 g/mol. The molecule has 2 aromatic rings. The molecule has 0 bridgehead atoms. The van der Waals surface area contributed by atoms with E-state index in [1.165, 1.54) is 5.56 Å². The van der Waals surface area contributed by atoms with Crippen molar-refractivity contribution >= 4 is 23.2 Å². The van der Waals surface area contributed by atoms with Crippen LogP contribution in [0.25, 0.3) is 0 Å². The van der Waals surface area contributed by atoms with Crippen LogP contribution in [0, 0.1) is 5.92 Å². The van der Waals surface area contributed by atoms with E-state index < -0.39 is 0 Å². The van der Waals surface area contributed by atoms with Crippen LogP contribution in [0.1, 0.15) is 36.8 Å². The third-order valence-electron chi connectivity index (χ3n) is 4.92. The minimum atomic E-state index is 0.0142. The normalized spacial score (nSPS) is 21.0. The van der Waals surface area contributed by atoms with Crippen LogP contribution in [0.3, 0.4) is 0 Å². The number of halogens is 2. The Morgan fingerprint density at radius 1 is 1.21 bits per heavy atom. The molecule has 0 fully saturated rings. The molecular formula is C20H23Cl2NO. The maximum absolute atomic E-state index is 6.36. The van der Waals surface area contributed by atoms with Crippen molar-refractivity contribution in [3.8, 4) is 5.75 Å². The first-order valence-electron chi connectivity index (χ1n) is 8.48. The number of aryl methyl sites for hydroxylation is 1. The van der Waals surface area contributed by atoms with Crippen LogP contribution < -0.4 is 10.5 Å². The lowest BCUT2D eigenvalue weighted by molar-refractivity contribution is 0.149. The third kappa shape index (κ3) is 3.88. The number of fused-ring (bicyclic) bond motifs is 1. The summed E-state index contributed by atoms with van der Waals surface area (Å²) in [5.41, 5.74) is 8.37. The maximum atomic E-state index is 6.36. The molecule has 0 aliphatic carbocycles. The quantitative estimate of drug-likeness (QED) is 0.765. The molecule has 0 spiro atoms. The molecule has 0 radical (unpaired) electrons. The molecule has 1 aliphatic rings. The molecule has 0 aromatic heterocycles. The molecule has 1 heterocycles. The average Bonchev–Trinajstić information content (AvgIpc) is 2.60. The highest BCUT2D eigenvalue weighted by Gasteiger charge is 2.32. The van der Waals surface area contributed by atoms with E-state index in [9.17, 15) is 0 Å². The van der Waals surface area contributed by atoms with Gasteiger partial charge in [0, 0.05) is 17.1 Å². The first-order chi connectivity index (χ1) is 11.6. The minimum absolute atomic E-state index is 0.0142. The summed E-state index contributed by atoms with van der Waals surface area (Å²) < 4.78 is 5.99. The summed E-state index contributed by atoms with van der Waals surface area (Å²) in [6, 6.07) is 14.3. The lowest BCUT2D eigenvalue weighted by Crippen LogP contribution is -2.34. The molecule has 2 aromatic carbocycles. The largest absolute Gasteiger partial charge is 0.487 e. The molecule has 24 heavy (non-hydrogen) atoms. The fraction of sp³-hybridized carbons (Fsp3) is 0.400. The number of rotatable bonds is 5. The third-order valence-corrected chi connectivity index (χ3v) is 5.42. The maximum Gasteiger partial charge on any atom is 0.141 e. The van der Waals surface area contributed by atoms with E-state index in [1.807, 2.05) is 6.07 Å². The van der Waals surface area contributed by atoms with Gasteiger partial charge in [-0.05, 0) is 48.8 Å². The number of benzene rings is 2. The Bertz CT molecular complexity index is 690. The Labute approximate surface area is 153 Å². The van der Waals surface area contributed by atoms with E-state index in [1.54, 1.807) is 6.07 Å². The van der Waals surface area contributed by atoms with Gasteiger partial charge in [0.15, 0.2) is 0 Å².